The molecular formula is C22H19N5O5S. The van der Waals surface area contributed by atoms with Gasteiger partial charge in [-0.25, -0.2) is 9.79 Å². The summed E-state index contributed by atoms with van der Waals surface area (Å²) in [6, 6.07) is 10.6. The molecule has 168 valence electrons. The molecule has 33 heavy (non-hydrogen) atoms. The molecule has 0 radical (unpaired) electrons. The van der Waals surface area contributed by atoms with Crippen molar-refractivity contribution >= 4 is 28.6 Å². The average molecular weight is 465 g/mol. The second-order valence-electron chi connectivity index (χ2n) is 7.52. The largest absolute Gasteiger partial charge is 0.459 e. The molecule has 1 aromatic carbocycles. The molecule has 10 nitrogen and oxygen atoms in total. The van der Waals surface area contributed by atoms with Gasteiger partial charge in [-0.2, -0.15) is 5.26 Å². The van der Waals surface area contributed by atoms with Crippen LogP contribution in [0.3, 0.4) is 0 Å². The van der Waals surface area contributed by atoms with E-state index in [1.54, 1.807) is 56.0 Å². The van der Waals surface area contributed by atoms with Gasteiger partial charge < -0.3 is 14.9 Å². The zero-order chi connectivity index (χ0) is 23.9. The normalized spacial score (nSPS) is 17.7. The highest BCUT2D eigenvalue weighted by Crippen LogP contribution is 2.46. The van der Waals surface area contributed by atoms with E-state index in [0.29, 0.717) is 22.2 Å². The van der Waals surface area contributed by atoms with E-state index in [4.69, 9.17) is 14.9 Å². The molecule has 2 aromatic rings. The van der Waals surface area contributed by atoms with Crippen molar-refractivity contribution in [2.75, 3.05) is 0 Å². The Balaban J connectivity index is 1.86. The number of benzene rings is 1. The van der Waals surface area contributed by atoms with Gasteiger partial charge in [-0.1, -0.05) is 12.1 Å². The number of carbonyl (C=O) groups excluding carboxylic acids is 1. The number of nitrogens with two attached hydrogens (primary N) is 1. The van der Waals surface area contributed by atoms with Gasteiger partial charge in [0.25, 0.3) is 5.69 Å². The standard InChI is InChI=1S/C22H19N5O5S/c1-11(2)31-21(28)18-12(3)25-22-26(20(24)17(10-23)33-22)19(18)16-9-8-15(32-16)13-6-4-5-7-14(13)27(29)30/h4-9,11,19H,24H2,1-3H3/t19-/m1/s1. The number of hydrogen-bond donors (Lipinski definition) is 1. The van der Waals surface area contributed by atoms with Crippen LogP contribution in [-0.4, -0.2) is 27.1 Å². The van der Waals surface area contributed by atoms with Crippen molar-refractivity contribution in [2.24, 2.45) is 10.7 Å². The number of aliphatic imine (C=N–C) groups is 1. The first-order valence-electron chi connectivity index (χ1n) is 9.93. The average Bonchev–Trinajstić information content (AvgIpc) is 3.37. The van der Waals surface area contributed by atoms with Crippen LogP contribution in [0.5, 0.6) is 0 Å². The Morgan fingerprint density at radius 1 is 1.36 bits per heavy atom. The minimum absolute atomic E-state index is 0.113. The van der Waals surface area contributed by atoms with Gasteiger partial charge in [0.2, 0.25) is 0 Å². The number of nitriles is 1. The van der Waals surface area contributed by atoms with Gasteiger partial charge >= 0.3 is 5.97 Å². The van der Waals surface area contributed by atoms with Crippen LogP contribution in [0.25, 0.3) is 11.3 Å². The molecule has 0 saturated heterocycles. The molecule has 0 unspecified atom stereocenters. The van der Waals surface area contributed by atoms with E-state index in [1.165, 1.54) is 6.07 Å². The van der Waals surface area contributed by atoms with Gasteiger partial charge in [-0.3, -0.25) is 15.0 Å². The van der Waals surface area contributed by atoms with Crippen molar-refractivity contribution in [3.05, 3.63) is 74.3 Å². The quantitative estimate of drug-likeness (QED) is 0.390. The Kier molecular flexibility index (Phi) is 5.69. The van der Waals surface area contributed by atoms with E-state index in [1.807, 2.05) is 6.07 Å². The van der Waals surface area contributed by atoms with E-state index in [-0.39, 0.29) is 33.9 Å². The molecule has 1 aromatic heterocycles. The molecule has 4 rings (SSSR count). The van der Waals surface area contributed by atoms with E-state index in [0.717, 1.165) is 11.8 Å². The van der Waals surface area contributed by atoms with Crippen molar-refractivity contribution in [1.82, 2.24) is 4.90 Å². The summed E-state index contributed by atoms with van der Waals surface area (Å²) in [6.07, 6.45) is -0.376. The monoisotopic (exact) mass is 465 g/mol. The van der Waals surface area contributed by atoms with Crippen molar-refractivity contribution in [2.45, 2.75) is 32.9 Å². The zero-order valence-electron chi connectivity index (χ0n) is 17.9. The van der Waals surface area contributed by atoms with Gasteiger partial charge in [0.05, 0.1) is 27.9 Å². The molecule has 0 amide bonds. The number of ether oxygens (including phenoxy) is 1. The van der Waals surface area contributed by atoms with Gasteiger partial charge in [-0.15, -0.1) is 0 Å². The first-order chi connectivity index (χ1) is 15.7. The molecule has 2 aliphatic rings. The summed E-state index contributed by atoms with van der Waals surface area (Å²) in [4.78, 5) is 30.3. The third kappa shape index (κ3) is 3.85. The lowest BCUT2D eigenvalue weighted by Gasteiger charge is -2.33. The molecule has 1 atom stereocenters. The minimum Gasteiger partial charge on any atom is -0.459 e. The van der Waals surface area contributed by atoms with E-state index in [2.05, 4.69) is 4.99 Å². The Morgan fingerprint density at radius 3 is 2.76 bits per heavy atom. The number of hydrogen-bond acceptors (Lipinski definition) is 10. The van der Waals surface area contributed by atoms with Crippen molar-refractivity contribution in [3.8, 4) is 17.4 Å². The number of nitrogens with zero attached hydrogens (tertiary/aromatic N) is 4. The molecule has 0 saturated carbocycles. The lowest BCUT2D eigenvalue weighted by molar-refractivity contribution is -0.384. The number of allylic oxidation sites excluding steroid dienone is 2. The Bertz CT molecular complexity index is 1300. The smallest absolute Gasteiger partial charge is 0.338 e. The lowest BCUT2D eigenvalue weighted by atomic mass is 9.99. The van der Waals surface area contributed by atoms with Gasteiger partial charge in [-0.05, 0) is 50.7 Å². The third-order valence-electron chi connectivity index (χ3n) is 5.00. The zero-order valence-corrected chi connectivity index (χ0v) is 18.8. The number of furan rings is 1. The van der Waals surface area contributed by atoms with E-state index >= 15 is 0 Å². The van der Waals surface area contributed by atoms with Crippen molar-refractivity contribution in [1.29, 1.82) is 5.26 Å². The SMILES string of the molecule is CC1=C(C(=O)OC(C)C)[C@@H](c2ccc(-c3ccccc3[N+](=O)[O-])o2)N2C(=N1)SC(C#N)=C2N. The number of rotatable bonds is 5. The number of carbonyl (C=O) groups is 1. The Morgan fingerprint density at radius 2 is 2.09 bits per heavy atom. The van der Waals surface area contributed by atoms with Crippen molar-refractivity contribution < 1.29 is 18.9 Å². The highest BCUT2D eigenvalue weighted by Gasteiger charge is 2.44. The minimum atomic E-state index is -0.862. The molecular weight excluding hydrogens is 446 g/mol. The highest BCUT2D eigenvalue weighted by atomic mass is 32.2. The predicted octanol–water partition coefficient (Wildman–Crippen LogP) is 4.19. The third-order valence-corrected chi connectivity index (χ3v) is 5.98. The summed E-state index contributed by atoms with van der Waals surface area (Å²) in [7, 11) is 0. The number of fused-ring (bicyclic) bond motifs is 1. The van der Waals surface area contributed by atoms with Crippen LogP contribution < -0.4 is 5.73 Å². The molecule has 2 N–H and O–H groups in total. The maximum Gasteiger partial charge on any atom is 0.338 e. The van der Waals surface area contributed by atoms with Crippen LogP contribution in [0, 0.1) is 21.4 Å². The first-order valence-corrected chi connectivity index (χ1v) is 10.8. The van der Waals surface area contributed by atoms with Gasteiger partial charge in [0.1, 0.15) is 34.4 Å². The summed E-state index contributed by atoms with van der Waals surface area (Å²) in [5.41, 5.74) is 7.03. The van der Waals surface area contributed by atoms with Gasteiger partial charge in [0, 0.05) is 6.07 Å². The molecule has 0 spiro atoms. The maximum atomic E-state index is 13.0. The van der Waals surface area contributed by atoms with Crippen molar-refractivity contribution in [3.63, 3.8) is 0 Å². The number of para-hydroxylation sites is 1. The summed E-state index contributed by atoms with van der Waals surface area (Å²) >= 11 is 1.09. The Hall–Kier alpha value is -4.04. The summed E-state index contributed by atoms with van der Waals surface area (Å²) in [5.74, 6) is 0.0956. The molecule has 2 aliphatic heterocycles. The van der Waals surface area contributed by atoms with E-state index < -0.39 is 16.9 Å². The van der Waals surface area contributed by atoms with Crippen LogP contribution in [0.1, 0.15) is 32.6 Å². The summed E-state index contributed by atoms with van der Waals surface area (Å²) in [6.45, 7) is 5.13. The number of nitro benzene ring substituents is 1. The second-order valence-corrected chi connectivity index (χ2v) is 8.50. The highest BCUT2D eigenvalue weighted by molar-refractivity contribution is 8.17. The topological polar surface area (TPSA) is 148 Å². The number of nitro groups is 1. The molecule has 0 bridgehead atoms. The lowest BCUT2D eigenvalue weighted by Crippen LogP contribution is -2.38. The van der Waals surface area contributed by atoms with Gasteiger partial charge in [0.15, 0.2) is 5.17 Å². The van der Waals surface area contributed by atoms with Crippen LogP contribution in [0.2, 0.25) is 0 Å². The molecule has 0 aliphatic carbocycles. The van der Waals surface area contributed by atoms with Crippen LogP contribution in [0.15, 0.2) is 67.8 Å². The summed E-state index contributed by atoms with van der Waals surface area (Å²) in [5, 5.41) is 21.3. The fraction of sp³-hybridized carbons (Fsp3) is 0.227. The summed E-state index contributed by atoms with van der Waals surface area (Å²) < 4.78 is 11.5. The molecule has 3 heterocycles. The number of thioether (sulfide) groups is 1. The Labute approximate surface area is 193 Å². The maximum absolute atomic E-state index is 13.0. The second kappa shape index (κ2) is 8.48. The molecule has 0 fully saturated rings. The number of amidine groups is 1. The van der Waals surface area contributed by atoms with Crippen LogP contribution >= 0.6 is 11.8 Å². The fourth-order valence-corrected chi connectivity index (χ4v) is 4.55. The predicted molar refractivity (Wildman–Crippen MR) is 121 cm³/mol. The molecule has 11 heteroatoms. The van der Waals surface area contributed by atoms with E-state index in [9.17, 15) is 20.2 Å². The first kappa shape index (κ1) is 22.2. The van der Waals surface area contributed by atoms with Crippen LogP contribution in [-0.2, 0) is 9.53 Å². The van der Waals surface area contributed by atoms with Crippen LogP contribution in [0.4, 0.5) is 5.69 Å². The fourth-order valence-electron chi connectivity index (χ4n) is 3.63. The number of esters is 1.